The van der Waals surface area contributed by atoms with E-state index in [4.69, 9.17) is 4.98 Å². The largest absolute Gasteiger partial charge is 0.304 e. The minimum Gasteiger partial charge on any atom is -0.304 e. The Morgan fingerprint density at radius 2 is 2.00 bits per heavy atom. The molecule has 0 aliphatic carbocycles. The second kappa shape index (κ2) is 6.17. The maximum atomic E-state index is 9.38. The van der Waals surface area contributed by atoms with Gasteiger partial charge >= 0.3 is 0 Å². The summed E-state index contributed by atoms with van der Waals surface area (Å²) in [6.45, 7) is 2.53. The molecule has 0 unspecified atom stereocenters. The van der Waals surface area contributed by atoms with Crippen molar-refractivity contribution in [2.75, 3.05) is 0 Å². The molecule has 25 heavy (non-hydrogen) atoms. The molecule has 3 aromatic heterocycles. The molecule has 0 aliphatic rings. The SMILES string of the molecule is Cc1cnc2c(c1)nc(-c1cccnc1)n2Cc1ccccc1C#N. The highest BCUT2D eigenvalue weighted by Gasteiger charge is 2.15. The average Bonchev–Trinajstić information content (AvgIpc) is 3.00. The molecular formula is C20H15N5. The van der Waals surface area contributed by atoms with E-state index in [1.54, 1.807) is 12.4 Å². The van der Waals surface area contributed by atoms with Crippen molar-refractivity contribution >= 4 is 11.2 Å². The van der Waals surface area contributed by atoms with Crippen LogP contribution in [0.1, 0.15) is 16.7 Å². The van der Waals surface area contributed by atoms with E-state index >= 15 is 0 Å². The van der Waals surface area contributed by atoms with E-state index in [2.05, 4.69) is 16.0 Å². The van der Waals surface area contributed by atoms with Gasteiger partial charge in [0.2, 0.25) is 0 Å². The average molecular weight is 325 g/mol. The number of imidazole rings is 1. The second-order valence-corrected chi connectivity index (χ2v) is 5.89. The Hall–Kier alpha value is -3.52. The fraction of sp³-hybridized carbons (Fsp3) is 0.100. The van der Waals surface area contributed by atoms with Crippen LogP contribution in [0, 0.1) is 18.3 Å². The topological polar surface area (TPSA) is 67.4 Å². The Kier molecular flexibility index (Phi) is 3.71. The summed E-state index contributed by atoms with van der Waals surface area (Å²) in [4.78, 5) is 13.6. The van der Waals surface area contributed by atoms with Gasteiger partial charge in [-0.05, 0) is 42.3 Å². The number of benzene rings is 1. The lowest BCUT2D eigenvalue weighted by Gasteiger charge is -2.10. The molecule has 0 aliphatic heterocycles. The third-order valence-electron chi connectivity index (χ3n) is 4.11. The third kappa shape index (κ3) is 2.74. The molecule has 0 radical (unpaired) electrons. The molecule has 0 fully saturated rings. The minimum atomic E-state index is 0.528. The van der Waals surface area contributed by atoms with Crippen molar-refractivity contribution in [2.24, 2.45) is 0 Å². The molecule has 0 spiro atoms. The van der Waals surface area contributed by atoms with Crippen LogP contribution < -0.4 is 0 Å². The normalized spacial score (nSPS) is 10.7. The zero-order valence-electron chi connectivity index (χ0n) is 13.7. The Morgan fingerprint density at radius 1 is 1.12 bits per heavy atom. The Balaban J connectivity index is 1.93. The van der Waals surface area contributed by atoms with Crippen LogP contribution in [-0.2, 0) is 6.54 Å². The number of hydrogen-bond donors (Lipinski definition) is 0. The van der Waals surface area contributed by atoms with Gasteiger partial charge in [-0.3, -0.25) is 4.98 Å². The highest BCUT2D eigenvalue weighted by molar-refractivity contribution is 5.77. The molecule has 0 saturated carbocycles. The molecule has 0 N–H and O–H groups in total. The van der Waals surface area contributed by atoms with E-state index in [9.17, 15) is 5.26 Å². The Bertz CT molecular complexity index is 1090. The first-order chi connectivity index (χ1) is 12.3. The second-order valence-electron chi connectivity index (χ2n) is 5.89. The van der Waals surface area contributed by atoms with Gasteiger partial charge in [-0.25, -0.2) is 9.97 Å². The van der Waals surface area contributed by atoms with E-state index in [-0.39, 0.29) is 0 Å². The van der Waals surface area contributed by atoms with Crippen LogP contribution in [0.2, 0.25) is 0 Å². The van der Waals surface area contributed by atoms with E-state index < -0.39 is 0 Å². The van der Waals surface area contributed by atoms with Gasteiger partial charge in [0.25, 0.3) is 0 Å². The number of aryl methyl sites for hydroxylation is 1. The zero-order chi connectivity index (χ0) is 17.2. The van der Waals surface area contributed by atoms with Crippen molar-refractivity contribution in [1.29, 1.82) is 5.26 Å². The van der Waals surface area contributed by atoms with Gasteiger partial charge in [-0.2, -0.15) is 5.26 Å². The van der Waals surface area contributed by atoms with Crippen LogP contribution in [-0.4, -0.2) is 19.5 Å². The highest BCUT2D eigenvalue weighted by atomic mass is 15.1. The first kappa shape index (κ1) is 15.0. The van der Waals surface area contributed by atoms with E-state index in [0.717, 1.165) is 33.7 Å². The first-order valence-electron chi connectivity index (χ1n) is 7.97. The molecule has 0 saturated heterocycles. The number of nitriles is 1. The number of rotatable bonds is 3. The summed E-state index contributed by atoms with van der Waals surface area (Å²) in [6.07, 6.45) is 5.37. The molecule has 1 aromatic carbocycles. The van der Waals surface area contributed by atoms with Gasteiger partial charge in [-0.15, -0.1) is 0 Å². The van der Waals surface area contributed by atoms with E-state index in [1.165, 1.54) is 0 Å². The summed E-state index contributed by atoms with van der Waals surface area (Å²) in [5.41, 5.74) is 5.23. The van der Waals surface area contributed by atoms with Crippen LogP contribution in [0.3, 0.4) is 0 Å². The first-order valence-corrected chi connectivity index (χ1v) is 7.97. The van der Waals surface area contributed by atoms with Gasteiger partial charge < -0.3 is 4.57 Å². The summed E-state index contributed by atoms with van der Waals surface area (Å²) in [5.74, 6) is 0.800. The molecule has 3 heterocycles. The van der Waals surface area contributed by atoms with Gasteiger partial charge in [0.1, 0.15) is 11.3 Å². The lowest BCUT2D eigenvalue weighted by Crippen LogP contribution is -2.05. The van der Waals surface area contributed by atoms with Crippen molar-refractivity contribution < 1.29 is 0 Å². The number of fused-ring (bicyclic) bond motifs is 1. The van der Waals surface area contributed by atoms with Crippen molar-refractivity contribution in [1.82, 2.24) is 19.5 Å². The number of hydrogen-bond acceptors (Lipinski definition) is 4. The molecule has 120 valence electrons. The summed E-state index contributed by atoms with van der Waals surface area (Å²) in [7, 11) is 0. The molecule has 0 atom stereocenters. The predicted molar refractivity (Wildman–Crippen MR) is 95.8 cm³/mol. The fourth-order valence-corrected chi connectivity index (χ4v) is 2.91. The molecule has 4 aromatic rings. The summed E-state index contributed by atoms with van der Waals surface area (Å²) in [5, 5.41) is 9.38. The smallest absolute Gasteiger partial charge is 0.160 e. The van der Waals surface area contributed by atoms with Crippen molar-refractivity contribution in [3.63, 3.8) is 0 Å². The zero-order valence-corrected chi connectivity index (χ0v) is 13.7. The van der Waals surface area contributed by atoms with Gasteiger partial charge in [0.05, 0.1) is 18.2 Å². The maximum absolute atomic E-state index is 9.38. The van der Waals surface area contributed by atoms with E-state index in [0.29, 0.717) is 12.1 Å². The Labute approximate surface area is 145 Å². The molecule has 5 heteroatoms. The van der Waals surface area contributed by atoms with Gasteiger partial charge in [-0.1, -0.05) is 18.2 Å². The molecule has 0 bridgehead atoms. The molecular weight excluding hydrogens is 310 g/mol. The van der Waals surface area contributed by atoms with Crippen molar-refractivity contribution in [3.8, 4) is 17.5 Å². The molecule has 4 rings (SSSR count). The highest BCUT2D eigenvalue weighted by Crippen LogP contribution is 2.25. The number of nitrogens with zero attached hydrogens (tertiary/aromatic N) is 5. The fourth-order valence-electron chi connectivity index (χ4n) is 2.91. The standard InChI is InChI=1S/C20H15N5/c1-14-9-18-20(23-11-14)25(13-17-6-3-2-5-15(17)10-21)19(24-18)16-7-4-8-22-12-16/h2-9,11-12H,13H2,1H3. The maximum Gasteiger partial charge on any atom is 0.160 e. The monoisotopic (exact) mass is 325 g/mol. The Morgan fingerprint density at radius 3 is 2.80 bits per heavy atom. The van der Waals surface area contributed by atoms with Crippen molar-refractivity contribution in [3.05, 3.63) is 77.7 Å². The van der Waals surface area contributed by atoms with Crippen LogP contribution >= 0.6 is 0 Å². The quantitative estimate of drug-likeness (QED) is 0.576. The summed E-state index contributed by atoms with van der Waals surface area (Å²) in [6, 6.07) is 15.8. The van der Waals surface area contributed by atoms with Gasteiger partial charge in [0, 0.05) is 24.2 Å². The summed E-state index contributed by atoms with van der Waals surface area (Å²) >= 11 is 0. The van der Waals surface area contributed by atoms with Crippen molar-refractivity contribution in [2.45, 2.75) is 13.5 Å². The molecule has 0 amide bonds. The summed E-state index contributed by atoms with van der Waals surface area (Å²) < 4.78 is 2.04. The van der Waals surface area contributed by atoms with Gasteiger partial charge in [0.15, 0.2) is 5.65 Å². The van der Waals surface area contributed by atoms with Crippen LogP contribution in [0.15, 0.2) is 61.1 Å². The molecule has 5 nitrogen and oxygen atoms in total. The lowest BCUT2D eigenvalue weighted by atomic mass is 10.1. The minimum absolute atomic E-state index is 0.528. The van der Waals surface area contributed by atoms with Crippen LogP contribution in [0.25, 0.3) is 22.6 Å². The lowest BCUT2D eigenvalue weighted by molar-refractivity contribution is 0.821. The number of aromatic nitrogens is 4. The van der Waals surface area contributed by atoms with Crippen LogP contribution in [0.5, 0.6) is 0 Å². The third-order valence-corrected chi connectivity index (χ3v) is 4.11. The predicted octanol–water partition coefficient (Wildman–Crippen LogP) is 3.72. The van der Waals surface area contributed by atoms with Crippen LogP contribution in [0.4, 0.5) is 0 Å². The number of pyridine rings is 2. The van der Waals surface area contributed by atoms with E-state index in [1.807, 2.05) is 60.2 Å².